The van der Waals surface area contributed by atoms with Crippen LogP contribution < -0.4 is 10.6 Å². The van der Waals surface area contributed by atoms with E-state index in [1.54, 1.807) is 0 Å². The lowest BCUT2D eigenvalue weighted by Gasteiger charge is -2.25. The molecule has 2 aromatic rings. The molecule has 0 radical (unpaired) electrons. The molecule has 0 saturated heterocycles. The van der Waals surface area contributed by atoms with Gasteiger partial charge in [0.25, 0.3) is 0 Å². The van der Waals surface area contributed by atoms with E-state index >= 15 is 0 Å². The quantitative estimate of drug-likeness (QED) is 0.348. The van der Waals surface area contributed by atoms with Crippen molar-refractivity contribution in [3.8, 4) is 0 Å². The van der Waals surface area contributed by atoms with Crippen molar-refractivity contribution in [2.24, 2.45) is 0 Å². The number of rotatable bonds is 12. The molecule has 0 aliphatic rings. The zero-order chi connectivity index (χ0) is 23.8. The van der Waals surface area contributed by atoms with Crippen molar-refractivity contribution >= 4 is 11.4 Å². The molecular formula is C30H48N2. The van der Waals surface area contributed by atoms with Crippen molar-refractivity contribution in [1.29, 1.82) is 0 Å². The van der Waals surface area contributed by atoms with Gasteiger partial charge in [0, 0.05) is 29.4 Å². The van der Waals surface area contributed by atoms with E-state index in [0.29, 0.717) is 18.0 Å². The summed E-state index contributed by atoms with van der Waals surface area (Å²) >= 11 is 0. The van der Waals surface area contributed by atoms with Gasteiger partial charge < -0.3 is 10.6 Å². The minimum absolute atomic E-state index is 0.386. The fourth-order valence-electron chi connectivity index (χ4n) is 4.46. The molecule has 32 heavy (non-hydrogen) atoms. The molecule has 0 saturated carbocycles. The summed E-state index contributed by atoms with van der Waals surface area (Å²) in [6, 6.07) is 10.8. The van der Waals surface area contributed by atoms with Gasteiger partial charge in [-0.25, -0.2) is 0 Å². The molecule has 0 aliphatic heterocycles. The minimum Gasteiger partial charge on any atom is -0.382 e. The second-order valence-electron chi connectivity index (χ2n) is 9.47. The van der Waals surface area contributed by atoms with E-state index in [4.69, 9.17) is 0 Å². The zero-order valence-electron chi connectivity index (χ0n) is 22.3. The number of nitrogens with one attached hydrogen (secondary N) is 2. The highest BCUT2D eigenvalue weighted by molar-refractivity contribution is 5.63. The molecule has 0 amide bonds. The highest BCUT2D eigenvalue weighted by Crippen LogP contribution is 2.35. The number of benzene rings is 2. The van der Waals surface area contributed by atoms with Gasteiger partial charge in [0.1, 0.15) is 0 Å². The highest BCUT2D eigenvalue weighted by atomic mass is 14.9. The molecule has 2 heteroatoms. The molecule has 0 heterocycles. The Hall–Kier alpha value is -1.96. The summed E-state index contributed by atoms with van der Waals surface area (Å²) in [5, 5.41) is 7.59. The van der Waals surface area contributed by atoms with E-state index in [-0.39, 0.29) is 0 Å². The number of hydrogen-bond donors (Lipinski definition) is 2. The zero-order valence-corrected chi connectivity index (χ0v) is 22.3. The lowest BCUT2D eigenvalue weighted by atomic mass is 9.86. The summed E-state index contributed by atoms with van der Waals surface area (Å²) in [6.07, 6.45) is 6.52. The third-order valence-electron chi connectivity index (χ3n) is 7.18. The summed E-state index contributed by atoms with van der Waals surface area (Å²) in [4.78, 5) is 0. The Balaban J connectivity index is 2.53. The van der Waals surface area contributed by atoms with Crippen LogP contribution in [0.25, 0.3) is 0 Å². The standard InChI is InChI=1S/C30H48N2/c1-10-20(7)31-29-23(12-3)16-27(17-24(29)13-4)22(9)28-18-25(14-5)30(26(15-6)19-28)32-21(8)11-2/h16-22,31-32H,10-15H2,1-9H3. The third-order valence-corrected chi connectivity index (χ3v) is 7.18. The average molecular weight is 437 g/mol. The van der Waals surface area contributed by atoms with Crippen LogP contribution in [0.5, 0.6) is 0 Å². The SMILES string of the molecule is CCc1cc(C(C)c2cc(CC)c(NC(C)CC)c(CC)c2)cc(CC)c1NC(C)CC. The van der Waals surface area contributed by atoms with Crippen LogP contribution in [0.1, 0.15) is 114 Å². The third kappa shape index (κ3) is 6.09. The fraction of sp³-hybridized carbons (Fsp3) is 0.600. The first kappa shape index (κ1) is 26.3. The van der Waals surface area contributed by atoms with Gasteiger partial charge in [-0.1, -0.05) is 72.7 Å². The van der Waals surface area contributed by atoms with Crippen molar-refractivity contribution in [1.82, 2.24) is 0 Å². The molecule has 2 unspecified atom stereocenters. The van der Waals surface area contributed by atoms with Crippen LogP contribution in [0.4, 0.5) is 11.4 Å². The van der Waals surface area contributed by atoms with E-state index in [1.165, 1.54) is 44.8 Å². The van der Waals surface area contributed by atoms with Gasteiger partial charge in [-0.15, -0.1) is 0 Å². The molecule has 178 valence electrons. The van der Waals surface area contributed by atoms with Crippen LogP contribution >= 0.6 is 0 Å². The fourth-order valence-corrected chi connectivity index (χ4v) is 4.46. The maximum absolute atomic E-state index is 3.80. The molecule has 0 aromatic heterocycles. The number of hydrogen-bond acceptors (Lipinski definition) is 2. The lowest BCUT2D eigenvalue weighted by Crippen LogP contribution is -2.17. The summed E-state index contributed by atoms with van der Waals surface area (Å²) < 4.78 is 0. The number of anilines is 2. The Morgan fingerprint density at radius 2 is 0.812 bits per heavy atom. The Bertz CT molecular complexity index is 746. The van der Waals surface area contributed by atoms with E-state index < -0.39 is 0 Å². The highest BCUT2D eigenvalue weighted by Gasteiger charge is 2.18. The van der Waals surface area contributed by atoms with Gasteiger partial charge >= 0.3 is 0 Å². The summed E-state index contributed by atoms with van der Waals surface area (Å²) in [5.74, 6) is 0.386. The summed E-state index contributed by atoms with van der Waals surface area (Å²) in [6.45, 7) is 20.6. The Morgan fingerprint density at radius 3 is 1.03 bits per heavy atom. The smallest absolute Gasteiger partial charge is 0.0407 e. The molecule has 2 atom stereocenters. The van der Waals surface area contributed by atoms with Gasteiger partial charge in [-0.05, 0) is 85.8 Å². The van der Waals surface area contributed by atoms with Crippen LogP contribution in [0, 0.1) is 0 Å². The minimum atomic E-state index is 0.386. The Kier molecular flexibility index (Phi) is 10.1. The van der Waals surface area contributed by atoms with E-state index in [1.807, 2.05) is 0 Å². The van der Waals surface area contributed by atoms with Gasteiger partial charge in [0.2, 0.25) is 0 Å². The van der Waals surface area contributed by atoms with E-state index in [0.717, 1.165) is 38.5 Å². The van der Waals surface area contributed by atoms with Crippen LogP contribution in [-0.4, -0.2) is 12.1 Å². The topological polar surface area (TPSA) is 24.1 Å². The Labute approximate surface area is 198 Å². The first-order chi connectivity index (χ1) is 15.3. The van der Waals surface area contributed by atoms with Crippen LogP contribution in [0.15, 0.2) is 24.3 Å². The molecule has 2 nitrogen and oxygen atoms in total. The maximum atomic E-state index is 3.80. The van der Waals surface area contributed by atoms with Crippen LogP contribution in [-0.2, 0) is 25.7 Å². The average Bonchev–Trinajstić information content (AvgIpc) is 2.82. The maximum Gasteiger partial charge on any atom is 0.0407 e. The predicted molar refractivity (Wildman–Crippen MR) is 145 cm³/mol. The summed E-state index contributed by atoms with van der Waals surface area (Å²) in [7, 11) is 0. The molecule has 2 rings (SSSR count). The van der Waals surface area contributed by atoms with Gasteiger partial charge in [-0.3, -0.25) is 0 Å². The summed E-state index contributed by atoms with van der Waals surface area (Å²) in [5.41, 5.74) is 11.4. The molecule has 2 N–H and O–H groups in total. The lowest BCUT2D eigenvalue weighted by molar-refractivity contribution is 0.758. The first-order valence-electron chi connectivity index (χ1n) is 13.2. The molecule has 0 fully saturated rings. The van der Waals surface area contributed by atoms with Crippen molar-refractivity contribution < 1.29 is 0 Å². The second kappa shape index (κ2) is 12.3. The van der Waals surface area contributed by atoms with Crippen molar-refractivity contribution in [3.05, 3.63) is 57.6 Å². The molecule has 0 bridgehead atoms. The van der Waals surface area contributed by atoms with Gasteiger partial charge in [0.05, 0.1) is 0 Å². The molecular weight excluding hydrogens is 388 g/mol. The van der Waals surface area contributed by atoms with Crippen LogP contribution in [0.3, 0.4) is 0 Å². The Morgan fingerprint density at radius 1 is 0.531 bits per heavy atom. The van der Waals surface area contributed by atoms with Crippen LogP contribution in [0.2, 0.25) is 0 Å². The monoisotopic (exact) mass is 436 g/mol. The van der Waals surface area contributed by atoms with Crippen molar-refractivity contribution in [2.75, 3.05) is 10.6 Å². The normalized spacial score (nSPS) is 14.2. The molecule has 2 aromatic carbocycles. The van der Waals surface area contributed by atoms with Gasteiger partial charge in [0.15, 0.2) is 0 Å². The second-order valence-corrected chi connectivity index (χ2v) is 9.47. The predicted octanol–water partition coefficient (Wildman–Crippen LogP) is 8.51. The molecule has 0 aliphatic carbocycles. The van der Waals surface area contributed by atoms with Gasteiger partial charge in [-0.2, -0.15) is 0 Å². The molecule has 0 spiro atoms. The van der Waals surface area contributed by atoms with Crippen molar-refractivity contribution in [2.45, 2.75) is 119 Å². The largest absolute Gasteiger partial charge is 0.382 e. The van der Waals surface area contributed by atoms with E-state index in [2.05, 4.69) is 97.2 Å². The number of aryl methyl sites for hydroxylation is 4. The first-order valence-corrected chi connectivity index (χ1v) is 13.2. The van der Waals surface area contributed by atoms with E-state index in [9.17, 15) is 0 Å². The van der Waals surface area contributed by atoms with Crippen molar-refractivity contribution in [3.63, 3.8) is 0 Å².